The van der Waals surface area contributed by atoms with E-state index in [9.17, 15) is 13.2 Å². The molecule has 2 aliphatic rings. The Morgan fingerprint density at radius 3 is 2.43 bits per heavy atom. The van der Waals surface area contributed by atoms with Crippen LogP contribution in [-0.2, 0) is 21.1 Å². The third kappa shape index (κ3) is 4.11. The zero-order chi connectivity index (χ0) is 21.5. The fourth-order valence-corrected chi connectivity index (χ4v) is 7.99. The summed E-state index contributed by atoms with van der Waals surface area (Å²) < 4.78 is 29.7. The van der Waals surface area contributed by atoms with Crippen LogP contribution in [0.15, 0.2) is 47.5 Å². The first kappa shape index (κ1) is 20.9. The molecule has 0 unspecified atom stereocenters. The van der Waals surface area contributed by atoms with Crippen molar-refractivity contribution >= 4 is 38.4 Å². The van der Waals surface area contributed by atoms with E-state index in [1.165, 1.54) is 11.8 Å². The quantitative estimate of drug-likeness (QED) is 0.721. The number of carbonyl (C=O) groups excluding carboxylic acids is 1. The van der Waals surface area contributed by atoms with Crippen LogP contribution in [0, 0.1) is 13.8 Å². The Morgan fingerprint density at radius 1 is 1.13 bits per heavy atom. The second kappa shape index (κ2) is 8.07. The molecule has 0 aromatic heterocycles. The molecule has 2 aliphatic heterocycles. The minimum atomic E-state index is -3.09. The van der Waals surface area contributed by atoms with Gasteiger partial charge in [-0.25, -0.2) is 8.42 Å². The van der Waals surface area contributed by atoms with Gasteiger partial charge in [0.25, 0.3) is 5.91 Å². The molecule has 2 aromatic rings. The number of aryl methyl sites for hydroxylation is 2. The molecule has 8 heteroatoms. The number of para-hydroxylation sites is 1. The van der Waals surface area contributed by atoms with Crippen LogP contribution < -0.4 is 9.64 Å². The SMILES string of the molecule is COc1ccc(CC(=O)N=C2S[C@H]3CS(=O)(=O)C[C@@H]3N2c2c(C)cccc2C)cc1. The van der Waals surface area contributed by atoms with E-state index in [0.29, 0.717) is 5.17 Å². The lowest BCUT2D eigenvalue weighted by atomic mass is 10.1. The monoisotopic (exact) mass is 444 g/mol. The summed E-state index contributed by atoms with van der Waals surface area (Å²) in [6.07, 6.45) is 0.183. The molecule has 0 bridgehead atoms. The molecule has 30 heavy (non-hydrogen) atoms. The van der Waals surface area contributed by atoms with Gasteiger partial charge in [0.15, 0.2) is 15.0 Å². The Kier molecular flexibility index (Phi) is 5.63. The maximum Gasteiger partial charge on any atom is 0.252 e. The number of hydrogen-bond donors (Lipinski definition) is 0. The van der Waals surface area contributed by atoms with Crippen molar-refractivity contribution in [3.8, 4) is 5.75 Å². The van der Waals surface area contributed by atoms with Crippen LogP contribution in [0.5, 0.6) is 5.75 Å². The summed E-state index contributed by atoms with van der Waals surface area (Å²) >= 11 is 1.40. The Morgan fingerprint density at radius 2 is 1.80 bits per heavy atom. The van der Waals surface area contributed by atoms with Gasteiger partial charge in [0.05, 0.1) is 31.1 Å². The largest absolute Gasteiger partial charge is 0.497 e. The van der Waals surface area contributed by atoms with Gasteiger partial charge in [-0.05, 0) is 42.7 Å². The van der Waals surface area contributed by atoms with Gasteiger partial charge in [-0.15, -0.1) is 0 Å². The molecule has 0 radical (unpaired) electrons. The number of carbonyl (C=O) groups is 1. The highest BCUT2D eigenvalue weighted by Gasteiger charge is 2.49. The summed E-state index contributed by atoms with van der Waals surface area (Å²) in [7, 11) is -1.49. The van der Waals surface area contributed by atoms with Crippen molar-refractivity contribution in [3.63, 3.8) is 0 Å². The standard InChI is InChI=1S/C22H24N2O4S2/c1-14-5-4-6-15(2)21(14)24-18-12-30(26,27)13-19(18)29-22(24)23-20(25)11-16-7-9-17(28-3)10-8-16/h4-10,18-19H,11-13H2,1-3H3/t18-,19-/m0/s1. The number of thioether (sulfide) groups is 1. The number of ether oxygens (including phenoxy) is 1. The molecule has 0 N–H and O–H groups in total. The van der Waals surface area contributed by atoms with Gasteiger partial charge in [-0.3, -0.25) is 4.79 Å². The number of rotatable bonds is 4. The van der Waals surface area contributed by atoms with Crippen molar-refractivity contribution in [1.29, 1.82) is 0 Å². The van der Waals surface area contributed by atoms with Gasteiger partial charge in [-0.2, -0.15) is 4.99 Å². The Bertz CT molecular complexity index is 1090. The van der Waals surface area contributed by atoms with E-state index in [1.54, 1.807) is 7.11 Å². The fourth-order valence-electron chi connectivity index (χ4n) is 4.08. The minimum Gasteiger partial charge on any atom is -0.497 e. The maximum absolute atomic E-state index is 12.7. The first-order chi connectivity index (χ1) is 14.3. The van der Waals surface area contributed by atoms with E-state index in [1.807, 2.05) is 61.2 Å². The average Bonchev–Trinajstić information content (AvgIpc) is 3.14. The summed E-state index contributed by atoms with van der Waals surface area (Å²) in [4.78, 5) is 19.1. The number of anilines is 1. The lowest BCUT2D eigenvalue weighted by molar-refractivity contribution is -0.117. The van der Waals surface area contributed by atoms with E-state index >= 15 is 0 Å². The Balaban J connectivity index is 1.66. The van der Waals surface area contributed by atoms with Crippen LogP contribution in [-0.4, -0.2) is 49.4 Å². The summed E-state index contributed by atoms with van der Waals surface area (Å²) in [5.74, 6) is 0.695. The van der Waals surface area contributed by atoms with Gasteiger partial charge in [0, 0.05) is 10.9 Å². The second-order valence-electron chi connectivity index (χ2n) is 7.72. The zero-order valence-electron chi connectivity index (χ0n) is 17.2. The molecule has 0 aliphatic carbocycles. The van der Waals surface area contributed by atoms with Crippen molar-refractivity contribution in [2.75, 3.05) is 23.5 Å². The number of benzene rings is 2. The molecule has 2 atom stereocenters. The summed E-state index contributed by atoms with van der Waals surface area (Å²) in [6.45, 7) is 4.00. The molecular formula is C22H24N2O4S2. The van der Waals surface area contributed by atoms with E-state index in [-0.39, 0.29) is 35.1 Å². The van der Waals surface area contributed by atoms with Gasteiger partial charge in [-0.1, -0.05) is 42.1 Å². The summed E-state index contributed by atoms with van der Waals surface area (Å²) in [6, 6.07) is 13.1. The molecule has 2 aromatic carbocycles. The Hall–Kier alpha value is -2.32. The number of methoxy groups -OCH3 is 1. The van der Waals surface area contributed by atoms with Crippen LogP contribution in [0.3, 0.4) is 0 Å². The normalized spacial score (nSPS) is 23.6. The number of nitrogens with zero attached hydrogens (tertiary/aromatic N) is 2. The Labute approximate surface area is 181 Å². The first-order valence-corrected chi connectivity index (χ1v) is 12.4. The van der Waals surface area contributed by atoms with Gasteiger partial charge >= 0.3 is 0 Å². The lowest BCUT2D eigenvalue weighted by Crippen LogP contribution is -2.38. The molecule has 2 fully saturated rings. The fraction of sp³-hybridized carbons (Fsp3) is 0.364. The number of amidine groups is 1. The molecule has 2 saturated heterocycles. The minimum absolute atomic E-state index is 0.0874. The van der Waals surface area contributed by atoms with Crippen molar-refractivity contribution in [2.24, 2.45) is 4.99 Å². The van der Waals surface area contributed by atoms with Crippen molar-refractivity contribution < 1.29 is 17.9 Å². The maximum atomic E-state index is 12.7. The van der Waals surface area contributed by atoms with E-state index in [2.05, 4.69) is 4.99 Å². The highest BCUT2D eigenvalue weighted by Crippen LogP contribution is 2.43. The van der Waals surface area contributed by atoms with Crippen LogP contribution in [0.4, 0.5) is 5.69 Å². The van der Waals surface area contributed by atoms with Gasteiger partial charge < -0.3 is 9.64 Å². The number of aliphatic imine (C=N–C) groups is 1. The molecule has 2 heterocycles. The number of sulfone groups is 1. The van der Waals surface area contributed by atoms with E-state index < -0.39 is 9.84 Å². The summed E-state index contributed by atoms with van der Waals surface area (Å²) in [5, 5.41) is 0.484. The number of fused-ring (bicyclic) bond motifs is 1. The topological polar surface area (TPSA) is 76.0 Å². The molecule has 4 rings (SSSR count). The summed E-state index contributed by atoms with van der Waals surface area (Å²) in [5.41, 5.74) is 3.88. The van der Waals surface area contributed by atoms with Crippen LogP contribution >= 0.6 is 11.8 Å². The van der Waals surface area contributed by atoms with Crippen molar-refractivity contribution in [3.05, 3.63) is 59.2 Å². The lowest BCUT2D eigenvalue weighted by Gasteiger charge is -2.28. The van der Waals surface area contributed by atoms with E-state index in [4.69, 9.17) is 4.74 Å². The molecule has 0 spiro atoms. The van der Waals surface area contributed by atoms with Crippen LogP contribution in [0.2, 0.25) is 0 Å². The predicted octanol–water partition coefficient (Wildman–Crippen LogP) is 3.16. The number of hydrogen-bond acceptors (Lipinski definition) is 5. The molecule has 0 saturated carbocycles. The molecule has 158 valence electrons. The molecular weight excluding hydrogens is 420 g/mol. The average molecular weight is 445 g/mol. The molecule has 6 nitrogen and oxygen atoms in total. The zero-order valence-corrected chi connectivity index (χ0v) is 18.8. The van der Waals surface area contributed by atoms with Crippen molar-refractivity contribution in [1.82, 2.24) is 0 Å². The highest BCUT2D eigenvalue weighted by molar-refractivity contribution is 8.16. The van der Waals surface area contributed by atoms with Gasteiger partial charge in [0.2, 0.25) is 0 Å². The highest BCUT2D eigenvalue weighted by atomic mass is 32.2. The first-order valence-electron chi connectivity index (χ1n) is 9.74. The smallest absolute Gasteiger partial charge is 0.252 e. The van der Waals surface area contributed by atoms with Crippen LogP contribution in [0.25, 0.3) is 0 Å². The van der Waals surface area contributed by atoms with Gasteiger partial charge in [0.1, 0.15) is 5.75 Å². The predicted molar refractivity (Wildman–Crippen MR) is 121 cm³/mol. The molecule has 1 amide bonds. The third-order valence-corrected chi connectivity index (χ3v) is 8.69. The second-order valence-corrected chi connectivity index (χ2v) is 11.1. The van der Waals surface area contributed by atoms with E-state index in [0.717, 1.165) is 28.1 Å². The third-order valence-electron chi connectivity index (χ3n) is 5.48. The number of amides is 1. The van der Waals surface area contributed by atoms with Crippen LogP contribution in [0.1, 0.15) is 16.7 Å². The van der Waals surface area contributed by atoms with Crippen molar-refractivity contribution in [2.45, 2.75) is 31.6 Å².